The van der Waals surface area contributed by atoms with Crippen LogP contribution in [0.1, 0.15) is 30.1 Å². The third-order valence-electron chi connectivity index (χ3n) is 2.32. The lowest BCUT2D eigenvalue weighted by Gasteiger charge is -2.10. The third-order valence-corrected chi connectivity index (χ3v) is 2.63. The second-order valence-electron chi connectivity index (χ2n) is 3.73. The topological polar surface area (TPSA) is 55.8 Å². The average molecular weight is 273 g/mol. The monoisotopic (exact) mass is 272 g/mol. The maximum atomic E-state index is 11.0. The average Bonchev–Trinajstić information content (AvgIpc) is 2.33. The van der Waals surface area contributed by atoms with E-state index in [0.717, 1.165) is 12.8 Å². The van der Waals surface area contributed by atoms with Gasteiger partial charge in [0.15, 0.2) is 0 Å². The Bertz CT molecular complexity index is 393. The second kappa shape index (κ2) is 7.95. The van der Waals surface area contributed by atoms with Gasteiger partial charge in [-0.05, 0) is 18.6 Å². The van der Waals surface area contributed by atoms with Gasteiger partial charge < -0.3 is 14.6 Å². The van der Waals surface area contributed by atoms with Gasteiger partial charge in [-0.15, -0.1) is 0 Å². The highest BCUT2D eigenvalue weighted by Crippen LogP contribution is 2.26. The molecule has 1 N–H and O–H groups in total. The van der Waals surface area contributed by atoms with Crippen molar-refractivity contribution in [2.24, 2.45) is 0 Å². The lowest BCUT2D eigenvalue weighted by Crippen LogP contribution is -2.10. The molecule has 0 radical (unpaired) electrons. The number of hydrogen-bond acceptors (Lipinski definition) is 3. The Balaban J connectivity index is 2.47. The zero-order valence-corrected chi connectivity index (χ0v) is 11.1. The van der Waals surface area contributed by atoms with Crippen molar-refractivity contribution in [2.75, 3.05) is 19.8 Å². The molecule has 0 heterocycles. The molecule has 0 bridgehead atoms. The lowest BCUT2D eigenvalue weighted by molar-refractivity contribution is 0.0685. The SMILES string of the molecule is CCCCOCCOc1cccc(Cl)c1C(=O)O. The number of carboxylic acids is 1. The van der Waals surface area contributed by atoms with Crippen molar-refractivity contribution in [3.05, 3.63) is 28.8 Å². The predicted octanol–water partition coefficient (Wildman–Crippen LogP) is 3.23. The van der Waals surface area contributed by atoms with Gasteiger partial charge in [0.25, 0.3) is 0 Å². The highest BCUT2D eigenvalue weighted by molar-refractivity contribution is 6.33. The Hall–Kier alpha value is -1.26. The molecule has 0 saturated carbocycles. The maximum absolute atomic E-state index is 11.0. The Morgan fingerprint density at radius 2 is 2.11 bits per heavy atom. The number of unbranched alkanes of at least 4 members (excludes halogenated alkanes) is 1. The standard InChI is InChI=1S/C13H17ClO4/c1-2-3-7-17-8-9-18-11-6-4-5-10(14)12(11)13(15)16/h4-6H,2-3,7-9H2,1H3,(H,15,16). The molecular weight excluding hydrogens is 256 g/mol. The van der Waals surface area contributed by atoms with Gasteiger partial charge >= 0.3 is 5.97 Å². The fraction of sp³-hybridized carbons (Fsp3) is 0.462. The molecule has 18 heavy (non-hydrogen) atoms. The van der Waals surface area contributed by atoms with Gasteiger partial charge in [0.1, 0.15) is 17.9 Å². The summed E-state index contributed by atoms with van der Waals surface area (Å²) >= 11 is 5.81. The third kappa shape index (κ3) is 4.55. The van der Waals surface area contributed by atoms with Gasteiger partial charge in [-0.3, -0.25) is 0 Å². The molecule has 1 rings (SSSR count). The minimum Gasteiger partial charge on any atom is -0.490 e. The van der Waals surface area contributed by atoms with Gasteiger partial charge in [-0.2, -0.15) is 0 Å². The Morgan fingerprint density at radius 3 is 2.78 bits per heavy atom. The summed E-state index contributed by atoms with van der Waals surface area (Å²) in [5.41, 5.74) is -0.00674. The van der Waals surface area contributed by atoms with Gasteiger partial charge in [-0.25, -0.2) is 4.79 Å². The molecule has 0 amide bonds. The van der Waals surface area contributed by atoms with Crippen LogP contribution < -0.4 is 4.74 Å². The summed E-state index contributed by atoms with van der Waals surface area (Å²) in [5.74, 6) is -0.823. The number of carbonyl (C=O) groups is 1. The normalized spacial score (nSPS) is 10.3. The van der Waals surface area contributed by atoms with Crippen LogP contribution in [0.25, 0.3) is 0 Å². The second-order valence-corrected chi connectivity index (χ2v) is 4.14. The molecule has 0 unspecified atom stereocenters. The molecule has 0 spiro atoms. The molecule has 0 saturated heterocycles. The number of ether oxygens (including phenoxy) is 2. The molecular formula is C13H17ClO4. The van der Waals surface area contributed by atoms with Crippen LogP contribution in [0.5, 0.6) is 5.75 Å². The van der Waals surface area contributed by atoms with Crippen LogP contribution in [0.3, 0.4) is 0 Å². The molecule has 1 aromatic carbocycles. The quantitative estimate of drug-likeness (QED) is 0.738. The van der Waals surface area contributed by atoms with Gasteiger partial charge in [0.2, 0.25) is 0 Å². The zero-order chi connectivity index (χ0) is 13.4. The summed E-state index contributed by atoms with van der Waals surface area (Å²) in [6.45, 7) is 3.53. The fourth-order valence-electron chi connectivity index (χ4n) is 1.39. The van der Waals surface area contributed by atoms with E-state index in [9.17, 15) is 4.79 Å². The summed E-state index contributed by atoms with van der Waals surface area (Å²) in [6.07, 6.45) is 2.09. The Morgan fingerprint density at radius 1 is 1.33 bits per heavy atom. The van der Waals surface area contributed by atoms with Crippen LogP contribution in [0.15, 0.2) is 18.2 Å². The molecule has 0 aliphatic carbocycles. The van der Waals surface area contributed by atoms with E-state index < -0.39 is 5.97 Å². The maximum Gasteiger partial charge on any atom is 0.341 e. The summed E-state index contributed by atoms with van der Waals surface area (Å²) in [4.78, 5) is 11.0. The van der Waals surface area contributed by atoms with Crippen LogP contribution in [-0.4, -0.2) is 30.9 Å². The first-order chi connectivity index (χ1) is 8.66. The first-order valence-electron chi connectivity index (χ1n) is 5.89. The summed E-state index contributed by atoms with van der Waals surface area (Å²) in [5, 5.41) is 9.20. The fourth-order valence-corrected chi connectivity index (χ4v) is 1.64. The van der Waals surface area contributed by atoms with E-state index in [0.29, 0.717) is 19.8 Å². The number of hydrogen-bond donors (Lipinski definition) is 1. The van der Waals surface area contributed by atoms with E-state index >= 15 is 0 Å². The van der Waals surface area contributed by atoms with E-state index in [1.807, 2.05) is 0 Å². The Kier molecular flexibility index (Phi) is 6.54. The zero-order valence-electron chi connectivity index (χ0n) is 10.3. The summed E-state index contributed by atoms with van der Waals surface area (Å²) in [7, 11) is 0. The van der Waals surface area contributed by atoms with Crippen molar-refractivity contribution in [1.82, 2.24) is 0 Å². The highest BCUT2D eigenvalue weighted by atomic mass is 35.5. The van der Waals surface area contributed by atoms with Crippen molar-refractivity contribution >= 4 is 17.6 Å². The van der Waals surface area contributed by atoms with Crippen molar-refractivity contribution in [3.8, 4) is 5.75 Å². The summed E-state index contributed by atoms with van der Waals surface area (Å²) in [6, 6.07) is 4.76. The molecule has 4 nitrogen and oxygen atoms in total. The largest absolute Gasteiger partial charge is 0.490 e. The first kappa shape index (κ1) is 14.8. The van der Waals surface area contributed by atoms with Crippen molar-refractivity contribution in [3.63, 3.8) is 0 Å². The van der Waals surface area contributed by atoms with Crippen LogP contribution in [0.4, 0.5) is 0 Å². The van der Waals surface area contributed by atoms with Gasteiger partial charge in [-0.1, -0.05) is 31.0 Å². The van der Waals surface area contributed by atoms with Gasteiger partial charge in [0, 0.05) is 6.61 Å². The van der Waals surface area contributed by atoms with E-state index in [1.165, 1.54) is 6.07 Å². The Labute approximate surface area is 111 Å². The molecule has 0 fully saturated rings. The molecule has 0 aliphatic rings. The minimum absolute atomic E-state index is 0.00674. The molecule has 0 aliphatic heterocycles. The molecule has 1 aromatic rings. The van der Waals surface area contributed by atoms with E-state index in [-0.39, 0.29) is 16.3 Å². The molecule has 0 aromatic heterocycles. The van der Waals surface area contributed by atoms with Crippen molar-refractivity contribution in [1.29, 1.82) is 0 Å². The van der Waals surface area contributed by atoms with Crippen LogP contribution in [0.2, 0.25) is 5.02 Å². The highest BCUT2D eigenvalue weighted by Gasteiger charge is 2.15. The lowest BCUT2D eigenvalue weighted by atomic mass is 10.2. The summed E-state index contributed by atoms with van der Waals surface area (Å²) < 4.78 is 10.7. The van der Waals surface area contributed by atoms with Crippen LogP contribution >= 0.6 is 11.6 Å². The van der Waals surface area contributed by atoms with E-state index in [4.69, 9.17) is 26.2 Å². The number of benzene rings is 1. The number of carboxylic acid groups (broad SMARTS) is 1. The van der Waals surface area contributed by atoms with Gasteiger partial charge in [0.05, 0.1) is 11.6 Å². The van der Waals surface area contributed by atoms with Crippen molar-refractivity contribution < 1.29 is 19.4 Å². The van der Waals surface area contributed by atoms with Crippen LogP contribution in [0, 0.1) is 0 Å². The minimum atomic E-state index is -1.09. The van der Waals surface area contributed by atoms with Crippen LogP contribution in [-0.2, 0) is 4.74 Å². The molecule has 0 atom stereocenters. The molecule has 5 heteroatoms. The van der Waals surface area contributed by atoms with Crippen molar-refractivity contribution in [2.45, 2.75) is 19.8 Å². The predicted molar refractivity (Wildman–Crippen MR) is 69.6 cm³/mol. The first-order valence-corrected chi connectivity index (χ1v) is 6.27. The van der Waals surface area contributed by atoms with E-state index in [1.54, 1.807) is 12.1 Å². The van der Waals surface area contributed by atoms with E-state index in [2.05, 4.69) is 6.92 Å². The smallest absolute Gasteiger partial charge is 0.341 e. The molecule has 100 valence electrons. The number of halogens is 1. The number of aromatic carboxylic acids is 1. The number of rotatable bonds is 8.